The fourth-order valence-corrected chi connectivity index (χ4v) is 3.82. The predicted octanol–water partition coefficient (Wildman–Crippen LogP) is 2.77. The number of aliphatic imine (C=N–C) groups is 1. The number of ether oxygens (including phenoxy) is 2. The van der Waals surface area contributed by atoms with Crippen molar-refractivity contribution < 1.29 is 14.3 Å². The van der Waals surface area contributed by atoms with Crippen molar-refractivity contribution in [2.24, 2.45) is 4.99 Å². The van der Waals surface area contributed by atoms with E-state index in [0.29, 0.717) is 19.3 Å². The highest BCUT2D eigenvalue weighted by Gasteiger charge is 2.24. The van der Waals surface area contributed by atoms with Crippen LogP contribution >= 0.6 is 0 Å². The van der Waals surface area contributed by atoms with Crippen LogP contribution < -0.4 is 10.6 Å². The van der Waals surface area contributed by atoms with Gasteiger partial charge < -0.3 is 25.0 Å². The van der Waals surface area contributed by atoms with Gasteiger partial charge in [0.15, 0.2) is 5.96 Å². The van der Waals surface area contributed by atoms with Gasteiger partial charge in [-0.2, -0.15) is 0 Å². The summed E-state index contributed by atoms with van der Waals surface area (Å²) in [7, 11) is 0. The number of amides is 1. The van der Waals surface area contributed by atoms with E-state index in [1.807, 2.05) is 24.3 Å². The van der Waals surface area contributed by atoms with Crippen LogP contribution in [0.4, 0.5) is 5.69 Å². The molecule has 2 fully saturated rings. The van der Waals surface area contributed by atoms with Crippen LogP contribution in [0.1, 0.15) is 45.1 Å². The van der Waals surface area contributed by atoms with Gasteiger partial charge in [0, 0.05) is 38.5 Å². The summed E-state index contributed by atoms with van der Waals surface area (Å²) in [5.41, 5.74) is 1.86. The van der Waals surface area contributed by atoms with Gasteiger partial charge in [0.1, 0.15) is 6.10 Å². The lowest BCUT2D eigenvalue weighted by atomic mass is 10.1. The third-order valence-corrected chi connectivity index (χ3v) is 5.31. The molecule has 2 heterocycles. The molecule has 0 saturated carbocycles. The van der Waals surface area contributed by atoms with Crippen LogP contribution in [0.5, 0.6) is 0 Å². The van der Waals surface area contributed by atoms with E-state index < -0.39 is 0 Å². The number of hydrogen-bond donors (Lipinski definition) is 2. The van der Waals surface area contributed by atoms with Crippen LogP contribution in [-0.4, -0.2) is 61.8 Å². The van der Waals surface area contributed by atoms with Crippen molar-refractivity contribution in [3.8, 4) is 0 Å². The maximum atomic E-state index is 12.3. The molecule has 2 saturated heterocycles. The Balaban J connectivity index is 1.58. The number of hydrogen-bond acceptors (Lipinski definition) is 4. The molecule has 1 amide bonds. The monoisotopic (exact) mass is 402 g/mol. The zero-order valence-electron chi connectivity index (χ0n) is 17.7. The van der Waals surface area contributed by atoms with Crippen LogP contribution in [-0.2, 0) is 20.8 Å². The highest BCUT2D eigenvalue weighted by atomic mass is 16.5. The quantitative estimate of drug-likeness (QED) is 0.542. The van der Waals surface area contributed by atoms with E-state index in [1.54, 1.807) is 0 Å². The Kier molecular flexibility index (Phi) is 8.31. The van der Waals surface area contributed by atoms with E-state index in [-0.39, 0.29) is 12.0 Å². The molecular weight excluding hydrogens is 368 g/mol. The molecule has 0 spiro atoms. The third-order valence-electron chi connectivity index (χ3n) is 5.31. The topological polar surface area (TPSA) is 75.2 Å². The van der Waals surface area contributed by atoms with Crippen LogP contribution in [0.15, 0.2) is 29.3 Å². The van der Waals surface area contributed by atoms with Crippen molar-refractivity contribution in [3.63, 3.8) is 0 Å². The molecule has 7 heteroatoms. The minimum absolute atomic E-state index is 0.0614. The fourth-order valence-electron chi connectivity index (χ4n) is 3.82. The lowest BCUT2D eigenvalue weighted by molar-refractivity contribution is -0.124. The highest BCUT2D eigenvalue weighted by Crippen LogP contribution is 2.17. The Labute approximate surface area is 173 Å². The largest absolute Gasteiger partial charge is 0.378 e. The first-order chi connectivity index (χ1) is 14.2. The Morgan fingerprint density at radius 3 is 2.79 bits per heavy atom. The van der Waals surface area contributed by atoms with Crippen LogP contribution in [0.2, 0.25) is 0 Å². The summed E-state index contributed by atoms with van der Waals surface area (Å²) >= 11 is 0. The van der Waals surface area contributed by atoms with Gasteiger partial charge in [0.2, 0.25) is 0 Å². The molecular formula is C22H34N4O3. The van der Waals surface area contributed by atoms with Gasteiger partial charge in [-0.3, -0.25) is 4.79 Å². The number of piperidine rings is 1. The highest BCUT2D eigenvalue weighted by molar-refractivity contribution is 5.94. The molecule has 2 aliphatic rings. The van der Waals surface area contributed by atoms with Gasteiger partial charge in [-0.25, -0.2) is 4.99 Å². The molecule has 2 aliphatic heterocycles. The predicted molar refractivity (Wildman–Crippen MR) is 115 cm³/mol. The van der Waals surface area contributed by atoms with E-state index in [1.165, 1.54) is 0 Å². The number of nitrogens with one attached hydrogen (secondary N) is 2. The number of carbonyl (C=O) groups is 1. The SMILES string of the molecule is CCNC(=NCc1cccc(NC(=O)C2CCCO2)c1)N1CCC(OCC)CC1. The molecule has 29 heavy (non-hydrogen) atoms. The Hall–Kier alpha value is -2.12. The van der Waals surface area contributed by atoms with Gasteiger partial charge in [-0.05, 0) is 57.2 Å². The number of carbonyl (C=O) groups excluding carboxylic acids is 1. The molecule has 2 N–H and O–H groups in total. The van der Waals surface area contributed by atoms with Gasteiger partial charge >= 0.3 is 0 Å². The van der Waals surface area contributed by atoms with Gasteiger partial charge in [-0.15, -0.1) is 0 Å². The lowest BCUT2D eigenvalue weighted by Crippen LogP contribution is -2.47. The van der Waals surface area contributed by atoms with Gasteiger partial charge in [-0.1, -0.05) is 12.1 Å². The first-order valence-corrected chi connectivity index (χ1v) is 10.9. The molecule has 160 valence electrons. The zero-order valence-corrected chi connectivity index (χ0v) is 17.7. The summed E-state index contributed by atoms with van der Waals surface area (Å²) in [5.74, 6) is 0.880. The minimum Gasteiger partial charge on any atom is -0.378 e. The minimum atomic E-state index is -0.323. The number of likely N-dealkylation sites (tertiary alicyclic amines) is 1. The molecule has 0 aliphatic carbocycles. The smallest absolute Gasteiger partial charge is 0.253 e. The van der Waals surface area contributed by atoms with Crippen molar-refractivity contribution in [1.82, 2.24) is 10.2 Å². The summed E-state index contributed by atoms with van der Waals surface area (Å²) in [6.45, 7) is 8.89. The standard InChI is InChI=1S/C22H34N4O3/c1-3-23-22(26-12-10-19(11-13-26)28-4-2)24-16-17-7-5-8-18(15-17)25-21(27)20-9-6-14-29-20/h5,7-8,15,19-20H,3-4,6,9-14,16H2,1-2H3,(H,23,24)(H,25,27). The van der Waals surface area contributed by atoms with E-state index in [4.69, 9.17) is 14.5 Å². The second-order valence-corrected chi connectivity index (χ2v) is 7.50. The lowest BCUT2D eigenvalue weighted by Gasteiger charge is -2.34. The summed E-state index contributed by atoms with van der Waals surface area (Å²) < 4.78 is 11.2. The molecule has 1 aromatic carbocycles. The first kappa shape index (κ1) is 21.6. The van der Waals surface area contributed by atoms with Crippen molar-refractivity contribution in [2.45, 2.75) is 58.3 Å². The van der Waals surface area contributed by atoms with E-state index in [9.17, 15) is 4.79 Å². The Morgan fingerprint density at radius 2 is 2.10 bits per heavy atom. The summed E-state index contributed by atoms with van der Waals surface area (Å²) in [5, 5.41) is 6.37. The van der Waals surface area contributed by atoms with Gasteiger partial charge in [0.05, 0.1) is 12.6 Å². The maximum absolute atomic E-state index is 12.3. The van der Waals surface area contributed by atoms with Gasteiger partial charge in [0.25, 0.3) is 5.91 Å². The Bertz CT molecular complexity index is 680. The number of rotatable bonds is 7. The normalized spacial score (nSPS) is 20.7. The average molecular weight is 403 g/mol. The molecule has 1 aromatic rings. The van der Waals surface area contributed by atoms with Crippen molar-refractivity contribution in [3.05, 3.63) is 29.8 Å². The second-order valence-electron chi connectivity index (χ2n) is 7.50. The number of benzene rings is 1. The third kappa shape index (κ3) is 6.44. The summed E-state index contributed by atoms with van der Waals surface area (Å²) in [4.78, 5) is 19.4. The molecule has 0 aromatic heterocycles. The summed E-state index contributed by atoms with van der Waals surface area (Å²) in [6, 6.07) is 7.89. The van der Waals surface area contributed by atoms with E-state index in [0.717, 1.165) is 69.1 Å². The average Bonchev–Trinajstić information content (AvgIpc) is 3.27. The van der Waals surface area contributed by atoms with Crippen LogP contribution in [0.3, 0.4) is 0 Å². The van der Waals surface area contributed by atoms with Crippen molar-refractivity contribution >= 4 is 17.6 Å². The summed E-state index contributed by atoms with van der Waals surface area (Å²) in [6.07, 6.45) is 3.84. The molecule has 0 bridgehead atoms. The number of anilines is 1. The number of guanidine groups is 1. The second kappa shape index (κ2) is 11.2. The molecule has 7 nitrogen and oxygen atoms in total. The number of nitrogens with zero attached hydrogens (tertiary/aromatic N) is 2. The molecule has 3 rings (SSSR count). The molecule has 0 radical (unpaired) electrons. The fraction of sp³-hybridized carbons (Fsp3) is 0.636. The molecule has 1 atom stereocenters. The van der Waals surface area contributed by atoms with E-state index in [2.05, 4.69) is 29.4 Å². The zero-order chi connectivity index (χ0) is 20.5. The van der Waals surface area contributed by atoms with Crippen LogP contribution in [0, 0.1) is 0 Å². The van der Waals surface area contributed by atoms with Crippen molar-refractivity contribution in [1.29, 1.82) is 0 Å². The first-order valence-electron chi connectivity index (χ1n) is 10.9. The van der Waals surface area contributed by atoms with E-state index >= 15 is 0 Å². The van der Waals surface area contributed by atoms with Crippen molar-refractivity contribution in [2.75, 3.05) is 38.2 Å². The Morgan fingerprint density at radius 1 is 1.28 bits per heavy atom. The molecule has 1 unspecified atom stereocenters. The maximum Gasteiger partial charge on any atom is 0.253 e. The van der Waals surface area contributed by atoms with Crippen LogP contribution in [0.25, 0.3) is 0 Å².